The smallest absolute Gasteiger partial charge is 0.242 e. The number of hydrogen-bond donors (Lipinski definition) is 1. The van der Waals surface area contributed by atoms with E-state index in [2.05, 4.69) is 44.2 Å². The van der Waals surface area contributed by atoms with Gasteiger partial charge in [-0.1, -0.05) is 30.4 Å². The Hall–Kier alpha value is -1.61. The highest BCUT2D eigenvalue weighted by atomic mass is 16.2. The summed E-state index contributed by atoms with van der Waals surface area (Å²) >= 11 is 0. The number of nitrogens with zero attached hydrogens (tertiary/aromatic N) is 1. The number of benzene rings is 1. The van der Waals surface area contributed by atoms with Crippen LogP contribution in [0, 0.1) is 19.8 Å². The van der Waals surface area contributed by atoms with Crippen molar-refractivity contribution in [2.75, 3.05) is 13.1 Å². The number of nitrogens with two attached hydrogens (primary N) is 1. The molecule has 1 saturated heterocycles. The van der Waals surface area contributed by atoms with Crippen molar-refractivity contribution in [3.63, 3.8) is 0 Å². The van der Waals surface area contributed by atoms with Gasteiger partial charge in [-0.15, -0.1) is 0 Å². The molecular formula is C19H28N2O. The third-order valence-electron chi connectivity index (χ3n) is 4.46. The van der Waals surface area contributed by atoms with Crippen LogP contribution >= 0.6 is 0 Å². The molecule has 1 amide bonds. The van der Waals surface area contributed by atoms with E-state index in [0.29, 0.717) is 5.92 Å². The summed E-state index contributed by atoms with van der Waals surface area (Å²) in [7, 11) is 0. The van der Waals surface area contributed by atoms with E-state index in [9.17, 15) is 4.79 Å². The minimum atomic E-state index is -0.763. The molecule has 0 bridgehead atoms. The van der Waals surface area contributed by atoms with Gasteiger partial charge in [0.15, 0.2) is 0 Å². The zero-order valence-corrected chi connectivity index (χ0v) is 14.2. The van der Waals surface area contributed by atoms with Gasteiger partial charge in [0, 0.05) is 13.1 Å². The number of rotatable bonds is 3. The summed E-state index contributed by atoms with van der Waals surface area (Å²) in [6.45, 7) is 9.47. The van der Waals surface area contributed by atoms with Gasteiger partial charge in [0.25, 0.3) is 0 Å². The zero-order chi connectivity index (χ0) is 16.3. The molecule has 1 aliphatic heterocycles. The fourth-order valence-corrected chi connectivity index (χ4v) is 3.03. The molecule has 2 N–H and O–H groups in total. The molecule has 1 aromatic rings. The molecule has 0 unspecified atom stereocenters. The van der Waals surface area contributed by atoms with E-state index in [1.54, 1.807) is 13.8 Å². The van der Waals surface area contributed by atoms with Crippen molar-refractivity contribution >= 4 is 12.0 Å². The quantitative estimate of drug-likeness (QED) is 0.931. The molecule has 0 saturated carbocycles. The molecule has 120 valence electrons. The number of piperidine rings is 1. The van der Waals surface area contributed by atoms with Crippen molar-refractivity contribution < 1.29 is 4.79 Å². The van der Waals surface area contributed by atoms with Crippen molar-refractivity contribution in [3.05, 3.63) is 41.0 Å². The molecule has 22 heavy (non-hydrogen) atoms. The molecule has 1 heterocycles. The number of amides is 1. The maximum atomic E-state index is 12.2. The zero-order valence-electron chi connectivity index (χ0n) is 14.2. The second kappa shape index (κ2) is 6.66. The lowest BCUT2D eigenvalue weighted by Crippen LogP contribution is -2.53. The fraction of sp³-hybridized carbons (Fsp3) is 0.526. The first-order valence-electron chi connectivity index (χ1n) is 8.11. The summed E-state index contributed by atoms with van der Waals surface area (Å²) < 4.78 is 0. The van der Waals surface area contributed by atoms with Crippen molar-refractivity contribution in [2.45, 2.75) is 46.1 Å². The SMILES string of the molecule is Cc1cccc(C)c1/C=C/C1CCN(C(=O)C(C)(C)N)CC1. The van der Waals surface area contributed by atoms with E-state index in [1.807, 2.05) is 4.90 Å². The fourth-order valence-electron chi connectivity index (χ4n) is 3.03. The molecule has 0 atom stereocenters. The van der Waals surface area contributed by atoms with Gasteiger partial charge in [0.05, 0.1) is 5.54 Å². The average Bonchev–Trinajstić information content (AvgIpc) is 2.46. The topological polar surface area (TPSA) is 46.3 Å². The summed E-state index contributed by atoms with van der Waals surface area (Å²) in [6, 6.07) is 6.40. The molecule has 3 nitrogen and oxygen atoms in total. The van der Waals surface area contributed by atoms with Gasteiger partial charge in [-0.2, -0.15) is 0 Å². The highest BCUT2D eigenvalue weighted by molar-refractivity contribution is 5.85. The van der Waals surface area contributed by atoms with Gasteiger partial charge in [-0.05, 0) is 63.1 Å². The molecule has 1 fully saturated rings. The van der Waals surface area contributed by atoms with Crippen LogP contribution in [0.25, 0.3) is 6.08 Å². The highest BCUT2D eigenvalue weighted by Gasteiger charge is 2.30. The Morgan fingerprint density at radius 3 is 2.27 bits per heavy atom. The summed E-state index contributed by atoms with van der Waals surface area (Å²) in [6.07, 6.45) is 6.59. The van der Waals surface area contributed by atoms with Crippen LogP contribution in [0.5, 0.6) is 0 Å². The predicted octanol–water partition coefficient (Wildman–Crippen LogP) is 3.29. The first kappa shape index (κ1) is 16.8. The van der Waals surface area contributed by atoms with Crippen LogP contribution in [-0.2, 0) is 4.79 Å². The second-order valence-electron chi connectivity index (χ2n) is 7.02. The number of carbonyl (C=O) groups is 1. The van der Waals surface area contributed by atoms with E-state index >= 15 is 0 Å². The number of allylic oxidation sites excluding steroid dienone is 1. The lowest BCUT2D eigenvalue weighted by molar-refractivity contribution is -0.137. The number of hydrogen-bond acceptors (Lipinski definition) is 2. The van der Waals surface area contributed by atoms with Gasteiger partial charge < -0.3 is 10.6 Å². The Bertz CT molecular complexity index is 541. The van der Waals surface area contributed by atoms with E-state index in [4.69, 9.17) is 5.73 Å². The normalized spacial score (nSPS) is 17.2. The van der Waals surface area contributed by atoms with Crippen LogP contribution in [0.3, 0.4) is 0 Å². The molecule has 0 radical (unpaired) electrons. The number of aryl methyl sites for hydroxylation is 2. The van der Waals surface area contributed by atoms with Crippen molar-refractivity contribution in [2.24, 2.45) is 11.7 Å². The molecule has 1 aliphatic rings. The third-order valence-corrected chi connectivity index (χ3v) is 4.46. The average molecular weight is 300 g/mol. The highest BCUT2D eigenvalue weighted by Crippen LogP contribution is 2.23. The summed E-state index contributed by atoms with van der Waals surface area (Å²) in [5.74, 6) is 0.605. The van der Waals surface area contributed by atoms with Crippen LogP contribution in [0.2, 0.25) is 0 Å². The van der Waals surface area contributed by atoms with E-state index in [0.717, 1.165) is 25.9 Å². The Morgan fingerprint density at radius 2 is 1.77 bits per heavy atom. The standard InChI is InChI=1S/C19H28N2O/c1-14-6-5-7-15(2)17(14)9-8-16-10-12-21(13-11-16)18(22)19(3,4)20/h5-9,16H,10-13,20H2,1-4H3/b9-8+. The molecule has 0 spiro atoms. The summed E-state index contributed by atoms with van der Waals surface area (Å²) in [4.78, 5) is 14.1. The lowest BCUT2D eigenvalue weighted by atomic mass is 9.93. The summed E-state index contributed by atoms with van der Waals surface area (Å²) in [5.41, 5.74) is 9.09. The Balaban J connectivity index is 1.96. The molecule has 3 heteroatoms. The minimum absolute atomic E-state index is 0.0599. The van der Waals surface area contributed by atoms with Crippen LogP contribution in [0.4, 0.5) is 0 Å². The van der Waals surface area contributed by atoms with Gasteiger partial charge in [-0.3, -0.25) is 4.79 Å². The monoisotopic (exact) mass is 300 g/mol. The van der Waals surface area contributed by atoms with Gasteiger partial charge >= 0.3 is 0 Å². The van der Waals surface area contributed by atoms with Crippen LogP contribution in [-0.4, -0.2) is 29.4 Å². The largest absolute Gasteiger partial charge is 0.341 e. The predicted molar refractivity (Wildman–Crippen MR) is 92.5 cm³/mol. The van der Waals surface area contributed by atoms with E-state index in [1.165, 1.54) is 16.7 Å². The third kappa shape index (κ3) is 3.98. The van der Waals surface area contributed by atoms with E-state index < -0.39 is 5.54 Å². The van der Waals surface area contributed by atoms with Gasteiger partial charge in [0.1, 0.15) is 0 Å². The first-order valence-corrected chi connectivity index (χ1v) is 8.11. The van der Waals surface area contributed by atoms with Gasteiger partial charge in [0.2, 0.25) is 5.91 Å². The van der Waals surface area contributed by atoms with Crippen LogP contribution in [0.15, 0.2) is 24.3 Å². The summed E-state index contributed by atoms with van der Waals surface area (Å²) in [5, 5.41) is 0. The molecule has 1 aromatic carbocycles. The number of likely N-dealkylation sites (tertiary alicyclic amines) is 1. The second-order valence-corrected chi connectivity index (χ2v) is 7.02. The molecule has 0 aliphatic carbocycles. The Morgan fingerprint density at radius 1 is 1.23 bits per heavy atom. The first-order chi connectivity index (χ1) is 10.3. The molecule has 0 aromatic heterocycles. The van der Waals surface area contributed by atoms with Crippen LogP contribution in [0.1, 0.15) is 43.4 Å². The number of carbonyl (C=O) groups excluding carboxylic acids is 1. The Labute approximate surface area is 134 Å². The van der Waals surface area contributed by atoms with Gasteiger partial charge in [-0.25, -0.2) is 0 Å². The van der Waals surface area contributed by atoms with Crippen molar-refractivity contribution in [3.8, 4) is 0 Å². The lowest BCUT2D eigenvalue weighted by Gasteiger charge is -2.34. The van der Waals surface area contributed by atoms with Crippen molar-refractivity contribution in [1.29, 1.82) is 0 Å². The minimum Gasteiger partial charge on any atom is -0.341 e. The maximum absolute atomic E-state index is 12.2. The van der Waals surface area contributed by atoms with Crippen LogP contribution < -0.4 is 5.73 Å². The molecular weight excluding hydrogens is 272 g/mol. The molecule has 2 rings (SSSR count). The maximum Gasteiger partial charge on any atom is 0.242 e. The van der Waals surface area contributed by atoms with Crippen molar-refractivity contribution in [1.82, 2.24) is 4.90 Å². The Kier molecular flexibility index (Phi) is 5.07. The van der Waals surface area contributed by atoms with E-state index in [-0.39, 0.29) is 5.91 Å².